The van der Waals surface area contributed by atoms with Crippen LogP contribution in [0.2, 0.25) is 0 Å². The highest BCUT2D eigenvalue weighted by Gasteiger charge is 2.52. The van der Waals surface area contributed by atoms with Gasteiger partial charge in [0.25, 0.3) is 0 Å². The third kappa shape index (κ3) is 7.29. The second-order valence-corrected chi connectivity index (χ2v) is 15.1. The lowest BCUT2D eigenvalue weighted by Crippen LogP contribution is -2.56. The number of aromatic hydroxyl groups is 2. The van der Waals surface area contributed by atoms with Gasteiger partial charge in [0.1, 0.15) is 52.3 Å². The molecule has 296 valence electrons. The van der Waals surface area contributed by atoms with Crippen LogP contribution < -0.4 is 37.6 Å². The van der Waals surface area contributed by atoms with Gasteiger partial charge in [0, 0.05) is 53.8 Å². The average molecular weight is 766 g/mol. The molecule has 0 fully saturated rings. The minimum atomic E-state index is -1.20. The van der Waals surface area contributed by atoms with Crippen molar-refractivity contribution in [1.82, 2.24) is 16.0 Å². The van der Waals surface area contributed by atoms with E-state index in [4.69, 9.17) is 25.4 Å². The molecular formula is C43H51N5O8. The molecule has 0 amide bonds. The molecule has 0 saturated heterocycles. The van der Waals surface area contributed by atoms with E-state index in [0.29, 0.717) is 73.5 Å². The summed E-state index contributed by atoms with van der Waals surface area (Å²) >= 11 is 0. The summed E-state index contributed by atoms with van der Waals surface area (Å²) < 4.78 is 20.2. The molecule has 5 heterocycles. The summed E-state index contributed by atoms with van der Waals surface area (Å²) in [5, 5.41) is 42.4. The zero-order valence-corrected chi connectivity index (χ0v) is 32.0. The summed E-state index contributed by atoms with van der Waals surface area (Å²) in [7, 11) is 1.81. The number of nitrogens with two attached hydrogens (primary N) is 2. The largest absolute Gasteiger partial charge is 0.508 e. The molecule has 10 N–H and O–H groups in total. The van der Waals surface area contributed by atoms with Crippen LogP contribution in [0, 0.1) is 5.92 Å². The highest BCUT2D eigenvalue weighted by molar-refractivity contribution is 5.92. The number of esters is 1. The topological polar surface area (TPSA) is 215 Å². The lowest BCUT2D eigenvalue weighted by Gasteiger charge is -2.48. The number of hydrogen-bond donors (Lipinski definition) is 8. The number of ether oxygens (including phenoxy) is 2. The Kier molecular flexibility index (Phi) is 11.0. The van der Waals surface area contributed by atoms with Gasteiger partial charge in [-0.05, 0) is 100 Å². The Hall–Kier alpha value is -5.50. The van der Waals surface area contributed by atoms with Gasteiger partial charge in [-0.2, -0.15) is 0 Å². The van der Waals surface area contributed by atoms with E-state index in [-0.39, 0.29) is 46.7 Å². The minimum Gasteiger partial charge on any atom is -0.508 e. The average Bonchev–Trinajstić information content (AvgIpc) is 3.17. The number of benzene rings is 2. The number of carbonyl (C=O) groups is 1. The van der Waals surface area contributed by atoms with E-state index >= 15 is 0 Å². The van der Waals surface area contributed by atoms with Crippen LogP contribution in [-0.4, -0.2) is 59.3 Å². The molecule has 4 aliphatic rings. The number of carbonyl (C=O) groups excluding carboxylic acids is 1. The first-order valence-corrected chi connectivity index (χ1v) is 19.2. The molecule has 0 radical (unpaired) electrons. The fourth-order valence-corrected chi connectivity index (χ4v) is 8.62. The molecule has 13 heteroatoms. The van der Waals surface area contributed by atoms with Crippen LogP contribution >= 0.6 is 0 Å². The van der Waals surface area contributed by atoms with Crippen molar-refractivity contribution >= 4 is 16.9 Å². The molecule has 13 nitrogen and oxygen atoms in total. The third-order valence-corrected chi connectivity index (χ3v) is 11.7. The highest BCUT2D eigenvalue weighted by atomic mass is 16.6. The Morgan fingerprint density at radius 3 is 2.75 bits per heavy atom. The van der Waals surface area contributed by atoms with E-state index < -0.39 is 35.6 Å². The fourth-order valence-electron chi connectivity index (χ4n) is 8.62. The number of fused-ring (bicyclic) bond motifs is 4. The molecule has 0 aliphatic carbocycles. The number of aliphatic hydroxyl groups is 1. The predicted octanol–water partition coefficient (Wildman–Crippen LogP) is 4.01. The quantitative estimate of drug-likeness (QED) is 0.108. The molecule has 1 aromatic heterocycles. The van der Waals surface area contributed by atoms with Crippen LogP contribution in [-0.2, 0) is 29.0 Å². The molecule has 2 bridgehead atoms. The summed E-state index contributed by atoms with van der Waals surface area (Å²) in [6, 6.07) is 8.14. The zero-order chi connectivity index (χ0) is 39.7. The first-order valence-electron chi connectivity index (χ1n) is 19.2. The summed E-state index contributed by atoms with van der Waals surface area (Å²) in [5.41, 5.74) is 16.1. The maximum atomic E-state index is 14.0. The van der Waals surface area contributed by atoms with E-state index in [1.807, 2.05) is 38.4 Å². The number of aliphatic hydroxyl groups excluding tert-OH is 1. The first-order chi connectivity index (χ1) is 26.9. The van der Waals surface area contributed by atoms with Crippen LogP contribution in [0.3, 0.4) is 0 Å². The smallest absolute Gasteiger partial charge is 0.334 e. The number of phenolic OH excluding ortho intramolecular Hbond substituents is 2. The normalized spacial score (nSPS) is 24.6. The Balaban J connectivity index is 1.52. The van der Waals surface area contributed by atoms with Crippen molar-refractivity contribution in [1.29, 1.82) is 0 Å². The molecular weight excluding hydrogens is 714 g/mol. The van der Waals surface area contributed by atoms with Gasteiger partial charge < -0.3 is 56.6 Å². The van der Waals surface area contributed by atoms with Crippen molar-refractivity contribution in [2.75, 3.05) is 20.1 Å². The second kappa shape index (κ2) is 15.9. The first kappa shape index (κ1) is 38.8. The number of rotatable bonds is 10. The molecule has 5 atom stereocenters. The minimum absolute atomic E-state index is 0.0197. The van der Waals surface area contributed by atoms with Gasteiger partial charge in [-0.1, -0.05) is 30.4 Å². The maximum absolute atomic E-state index is 14.0. The van der Waals surface area contributed by atoms with Crippen molar-refractivity contribution in [3.63, 3.8) is 0 Å². The lowest BCUT2D eigenvalue weighted by atomic mass is 9.70. The molecule has 3 aromatic rings. The molecule has 1 unspecified atom stereocenters. The lowest BCUT2D eigenvalue weighted by molar-refractivity contribution is -0.165. The summed E-state index contributed by atoms with van der Waals surface area (Å²) in [6.45, 7) is 4.19. The van der Waals surface area contributed by atoms with Gasteiger partial charge >= 0.3 is 5.97 Å². The highest BCUT2D eigenvalue weighted by Crippen LogP contribution is 2.55. The van der Waals surface area contributed by atoms with Gasteiger partial charge in [0.2, 0.25) is 0 Å². The van der Waals surface area contributed by atoms with Crippen molar-refractivity contribution in [3.05, 3.63) is 122 Å². The molecule has 2 aromatic carbocycles. The summed E-state index contributed by atoms with van der Waals surface area (Å²) in [5.74, 6) is -0.748. The summed E-state index contributed by atoms with van der Waals surface area (Å²) in [4.78, 5) is 27.9. The Morgan fingerprint density at radius 1 is 1.21 bits per heavy atom. The van der Waals surface area contributed by atoms with Gasteiger partial charge in [-0.15, -0.1) is 0 Å². The monoisotopic (exact) mass is 765 g/mol. The molecule has 0 spiro atoms. The Labute approximate surface area is 325 Å². The van der Waals surface area contributed by atoms with Gasteiger partial charge in [0.05, 0.1) is 12.0 Å². The van der Waals surface area contributed by atoms with Crippen molar-refractivity contribution < 1.29 is 34.0 Å². The van der Waals surface area contributed by atoms with Gasteiger partial charge in [-0.3, -0.25) is 4.79 Å². The van der Waals surface area contributed by atoms with E-state index in [2.05, 4.69) is 22.0 Å². The number of nitrogens with one attached hydrogen (secondary N) is 3. The van der Waals surface area contributed by atoms with E-state index in [9.17, 15) is 24.9 Å². The van der Waals surface area contributed by atoms with Crippen molar-refractivity contribution in [2.45, 2.75) is 82.8 Å². The van der Waals surface area contributed by atoms with Crippen LogP contribution in [0.15, 0.2) is 98.2 Å². The summed E-state index contributed by atoms with van der Waals surface area (Å²) in [6.07, 6.45) is 10.8. The molecule has 7 rings (SSSR count). The SMILES string of the molecule is C/C=C(/CCNC)C(=O)O[C@@H]1Cc2c3c(c4oc(CO)cc(=O)c4c2O)[C@@H](Cc2cccc(O)c2)C2=CCNC(N)=C2CC[C@@H](CC2=CNC(N)C=C2)[C@]1(C)O3. The van der Waals surface area contributed by atoms with E-state index in [1.54, 1.807) is 31.2 Å². The van der Waals surface area contributed by atoms with E-state index in [0.717, 1.165) is 22.3 Å². The van der Waals surface area contributed by atoms with Crippen molar-refractivity contribution in [3.8, 4) is 17.2 Å². The zero-order valence-electron chi connectivity index (χ0n) is 32.0. The van der Waals surface area contributed by atoms with Crippen LogP contribution in [0.1, 0.15) is 67.9 Å². The van der Waals surface area contributed by atoms with E-state index in [1.165, 1.54) is 6.07 Å². The van der Waals surface area contributed by atoms with Gasteiger partial charge in [0.15, 0.2) is 5.43 Å². The standard InChI is InChI=1S/C43H51N5O8/c1-4-25(12-14-46-3)42(53)55-34-20-32-38(52)37-33(51)19-28(22-49)54-40(37)36-31(18-23-6-5-7-27(50)17-23)29-13-15-47-41(45)30(29)10-9-26(43(34,2)56-39(32)36)16-24-8-11-35(44)48-21-24/h4-8,11,13,17,19,21,26,31,34-35,46-50,52H,9-10,12,14-16,18,20,22,44-45H2,1-3H3/b25-4-/t26-,31-,34+,35?,43-/m0/s1. The Morgan fingerprint density at radius 2 is 2.04 bits per heavy atom. The van der Waals surface area contributed by atoms with Gasteiger partial charge in [-0.25, -0.2) is 4.79 Å². The second-order valence-electron chi connectivity index (χ2n) is 15.1. The Bertz CT molecular complexity index is 2250. The van der Waals surface area contributed by atoms with Crippen LogP contribution in [0.25, 0.3) is 11.0 Å². The van der Waals surface area contributed by atoms with Crippen molar-refractivity contribution in [2.24, 2.45) is 17.4 Å². The molecule has 4 aliphatic heterocycles. The predicted molar refractivity (Wildman–Crippen MR) is 213 cm³/mol. The fraction of sp³-hybridized carbons (Fsp3) is 0.395. The third-order valence-electron chi connectivity index (χ3n) is 11.7. The number of hydrogen-bond acceptors (Lipinski definition) is 13. The number of allylic oxidation sites excluding steroid dienone is 5. The number of dihydropyridines is 2. The van der Waals surface area contributed by atoms with Crippen LogP contribution in [0.5, 0.6) is 17.2 Å². The molecule has 56 heavy (non-hydrogen) atoms. The van der Waals surface area contributed by atoms with Crippen LogP contribution in [0.4, 0.5) is 0 Å². The maximum Gasteiger partial charge on any atom is 0.334 e. The number of phenols is 2. The molecule has 0 saturated carbocycles.